The molecule has 0 aromatic heterocycles. The summed E-state index contributed by atoms with van der Waals surface area (Å²) in [7, 11) is -4.03. The van der Waals surface area contributed by atoms with E-state index in [2.05, 4.69) is 4.72 Å². The van der Waals surface area contributed by atoms with Gasteiger partial charge in [0.15, 0.2) is 0 Å². The minimum Gasteiger partial charge on any atom is -0.398 e. The van der Waals surface area contributed by atoms with Gasteiger partial charge in [0.25, 0.3) is 10.0 Å². The fourth-order valence-electron chi connectivity index (χ4n) is 1.87. The fraction of sp³-hybridized carbons (Fsp3) is 0.143. The zero-order chi connectivity index (χ0) is 15.8. The zero-order valence-corrected chi connectivity index (χ0v) is 12.3. The third kappa shape index (κ3) is 3.30. The number of anilines is 2. The molecule has 0 amide bonds. The number of nitrogens with one attached hydrogen (secondary N) is 1. The van der Waals surface area contributed by atoms with Crippen LogP contribution in [0.2, 0.25) is 0 Å². The number of aryl methyl sites for hydroxylation is 2. The Morgan fingerprint density at radius 3 is 2.05 bits per heavy atom. The van der Waals surface area contributed by atoms with Crippen molar-refractivity contribution in [2.24, 2.45) is 0 Å². The van der Waals surface area contributed by atoms with Crippen molar-refractivity contribution in [1.29, 1.82) is 0 Å². The van der Waals surface area contributed by atoms with Crippen LogP contribution >= 0.6 is 0 Å². The Morgan fingerprint density at radius 1 is 0.952 bits per heavy atom. The number of sulfonamides is 1. The summed E-state index contributed by atoms with van der Waals surface area (Å²) in [6.07, 6.45) is 0. The Hall–Kier alpha value is -2.15. The highest BCUT2D eigenvalue weighted by molar-refractivity contribution is 7.92. The lowest BCUT2D eigenvalue weighted by atomic mass is 10.1. The van der Waals surface area contributed by atoms with Gasteiger partial charge in [-0.2, -0.15) is 0 Å². The Kier molecular flexibility index (Phi) is 3.87. The topological polar surface area (TPSA) is 72.2 Å². The van der Waals surface area contributed by atoms with Crippen LogP contribution in [-0.2, 0) is 10.0 Å². The van der Waals surface area contributed by atoms with Gasteiger partial charge in [-0.25, -0.2) is 17.2 Å². The normalized spacial score (nSPS) is 11.4. The van der Waals surface area contributed by atoms with Crippen LogP contribution in [0.3, 0.4) is 0 Å². The van der Waals surface area contributed by atoms with Crippen molar-refractivity contribution in [1.82, 2.24) is 0 Å². The molecule has 0 bridgehead atoms. The van der Waals surface area contributed by atoms with Gasteiger partial charge in [-0.05, 0) is 49.2 Å². The summed E-state index contributed by atoms with van der Waals surface area (Å²) in [5.74, 6) is -1.75. The van der Waals surface area contributed by atoms with Gasteiger partial charge in [0, 0.05) is 6.07 Å². The highest BCUT2D eigenvalue weighted by Gasteiger charge is 2.19. The molecule has 21 heavy (non-hydrogen) atoms. The Bertz CT molecular complexity index is 785. The number of halogens is 2. The standard InChI is InChI=1S/C14H14F2N2O2S/c1-8-3-13(17)14(4-9(8)2)21(19,20)18-12-6-10(15)5-11(16)7-12/h3-7,18H,17H2,1-2H3. The third-order valence-electron chi connectivity index (χ3n) is 3.03. The second kappa shape index (κ2) is 5.33. The van der Waals surface area contributed by atoms with E-state index in [9.17, 15) is 17.2 Å². The molecule has 0 unspecified atom stereocenters. The molecule has 2 rings (SSSR count). The highest BCUT2D eigenvalue weighted by atomic mass is 32.2. The minimum absolute atomic E-state index is 0.0717. The van der Waals surface area contributed by atoms with Gasteiger partial charge >= 0.3 is 0 Å². The van der Waals surface area contributed by atoms with Crippen LogP contribution in [0.25, 0.3) is 0 Å². The van der Waals surface area contributed by atoms with Crippen molar-refractivity contribution in [3.63, 3.8) is 0 Å². The molecule has 0 aliphatic heterocycles. The van der Waals surface area contributed by atoms with Crippen molar-refractivity contribution in [3.05, 3.63) is 53.1 Å². The van der Waals surface area contributed by atoms with Crippen molar-refractivity contribution in [2.75, 3.05) is 10.5 Å². The van der Waals surface area contributed by atoms with E-state index < -0.39 is 21.7 Å². The monoisotopic (exact) mass is 312 g/mol. The van der Waals surface area contributed by atoms with Crippen molar-refractivity contribution >= 4 is 21.4 Å². The average Bonchev–Trinajstić information content (AvgIpc) is 2.31. The van der Waals surface area contributed by atoms with Gasteiger partial charge < -0.3 is 5.73 Å². The molecule has 0 radical (unpaired) electrons. The third-order valence-corrected chi connectivity index (χ3v) is 4.47. The van der Waals surface area contributed by atoms with Crippen molar-refractivity contribution < 1.29 is 17.2 Å². The van der Waals surface area contributed by atoms with Crippen LogP contribution < -0.4 is 10.5 Å². The first-order chi connectivity index (χ1) is 9.69. The molecular formula is C14H14F2N2O2S. The van der Waals surface area contributed by atoms with E-state index >= 15 is 0 Å². The van der Waals surface area contributed by atoms with E-state index in [1.54, 1.807) is 13.8 Å². The first kappa shape index (κ1) is 15.2. The van der Waals surface area contributed by atoms with Gasteiger partial charge in [0.05, 0.1) is 11.4 Å². The largest absolute Gasteiger partial charge is 0.398 e. The molecule has 0 fully saturated rings. The summed E-state index contributed by atoms with van der Waals surface area (Å²) >= 11 is 0. The summed E-state index contributed by atoms with van der Waals surface area (Å²) in [4.78, 5) is -0.129. The van der Waals surface area contributed by atoms with Crippen LogP contribution in [0.1, 0.15) is 11.1 Å². The molecule has 0 heterocycles. The Morgan fingerprint density at radius 2 is 1.48 bits per heavy atom. The molecule has 0 aliphatic rings. The lowest BCUT2D eigenvalue weighted by Gasteiger charge is -2.12. The van der Waals surface area contributed by atoms with Crippen molar-refractivity contribution in [3.8, 4) is 0 Å². The van der Waals surface area contributed by atoms with Gasteiger partial charge in [-0.1, -0.05) is 0 Å². The number of nitrogens with two attached hydrogens (primary N) is 1. The Balaban J connectivity index is 2.45. The summed E-state index contributed by atoms with van der Waals surface area (Å²) in [5, 5.41) is 0. The van der Waals surface area contributed by atoms with Gasteiger partial charge in [-0.3, -0.25) is 4.72 Å². The first-order valence-corrected chi connectivity index (χ1v) is 7.53. The van der Waals surface area contributed by atoms with Crippen LogP contribution in [0.5, 0.6) is 0 Å². The molecule has 3 N–H and O–H groups in total. The summed E-state index contributed by atoms with van der Waals surface area (Å²) in [5.41, 5.74) is 7.19. The molecule has 0 saturated heterocycles. The maximum absolute atomic E-state index is 13.1. The molecule has 0 atom stereocenters. The number of hydrogen-bond donors (Lipinski definition) is 2. The summed E-state index contributed by atoms with van der Waals surface area (Å²) in [6, 6.07) is 5.39. The van der Waals surface area contributed by atoms with Crippen LogP contribution in [0.15, 0.2) is 35.2 Å². The van der Waals surface area contributed by atoms with Gasteiger partial charge in [-0.15, -0.1) is 0 Å². The predicted molar refractivity (Wildman–Crippen MR) is 77.5 cm³/mol. The van der Waals surface area contributed by atoms with E-state index in [0.29, 0.717) is 6.07 Å². The summed E-state index contributed by atoms with van der Waals surface area (Å²) < 4.78 is 52.9. The molecule has 112 valence electrons. The number of rotatable bonds is 3. The number of hydrogen-bond acceptors (Lipinski definition) is 3. The Labute approximate surface area is 121 Å². The second-order valence-corrected chi connectivity index (χ2v) is 6.39. The predicted octanol–water partition coefficient (Wildman–Crippen LogP) is 2.96. The maximum Gasteiger partial charge on any atom is 0.263 e. The molecule has 0 spiro atoms. The van der Waals surface area contributed by atoms with E-state index in [4.69, 9.17) is 5.73 Å². The molecule has 2 aromatic rings. The number of benzene rings is 2. The quantitative estimate of drug-likeness (QED) is 0.856. The lowest BCUT2D eigenvalue weighted by molar-refractivity contribution is 0.584. The zero-order valence-electron chi connectivity index (χ0n) is 11.4. The molecule has 2 aromatic carbocycles. The van der Waals surface area contributed by atoms with E-state index in [1.807, 2.05) is 0 Å². The van der Waals surface area contributed by atoms with Crippen molar-refractivity contribution in [2.45, 2.75) is 18.7 Å². The van der Waals surface area contributed by atoms with E-state index in [-0.39, 0.29) is 16.3 Å². The van der Waals surface area contributed by atoms with Gasteiger partial charge in [0.1, 0.15) is 16.5 Å². The summed E-state index contributed by atoms with van der Waals surface area (Å²) in [6.45, 7) is 3.55. The van der Waals surface area contributed by atoms with Gasteiger partial charge in [0.2, 0.25) is 0 Å². The fourth-order valence-corrected chi connectivity index (χ4v) is 3.11. The number of nitrogen functional groups attached to an aromatic ring is 1. The highest BCUT2D eigenvalue weighted by Crippen LogP contribution is 2.25. The van der Waals surface area contributed by atoms with E-state index in [0.717, 1.165) is 23.3 Å². The lowest BCUT2D eigenvalue weighted by Crippen LogP contribution is -2.15. The average molecular weight is 312 g/mol. The molecule has 4 nitrogen and oxygen atoms in total. The smallest absolute Gasteiger partial charge is 0.263 e. The van der Waals surface area contributed by atoms with Crippen LogP contribution in [0, 0.1) is 25.5 Å². The van der Waals surface area contributed by atoms with Crippen LogP contribution in [-0.4, -0.2) is 8.42 Å². The molecule has 0 aliphatic carbocycles. The molecule has 0 saturated carbocycles. The maximum atomic E-state index is 13.1. The molecule has 7 heteroatoms. The molecular weight excluding hydrogens is 298 g/mol. The van der Waals surface area contributed by atoms with E-state index in [1.165, 1.54) is 12.1 Å². The minimum atomic E-state index is -4.03. The van der Waals surface area contributed by atoms with Crippen LogP contribution in [0.4, 0.5) is 20.2 Å². The second-order valence-electron chi connectivity index (χ2n) is 4.74. The first-order valence-electron chi connectivity index (χ1n) is 6.04. The SMILES string of the molecule is Cc1cc(N)c(S(=O)(=O)Nc2cc(F)cc(F)c2)cc1C.